The van der Waals surface area contributed by atoms with Gasteiger partial charge >= 0.3 is 6.18 Å². The summed E-state index contributed by atoms with van der Waals surface area (Å²) in [5, 5.41) is 11.1. The molecule has 2 aromatic carbocycles. The molecule has 116 valence electrons. The van der Waals surface area contributed by atoms with Gasteiger partial charge in [-0.3, -0.25) is 4.79 Å². The number of hydrogen-bond acceptors (Lipinski definition) is 2. The largest absolute Gasteiger partial charge is 0.417 e. The molecule has 0 saturated heterocycles. The van der Waals surface area contributed by atoms with Gasteiger partial charge in [-0.15, -0.1) is 0 Å². The maximum atomic E-state index is 12.8. The quantitative estimate of drug-likeness (QED) is 0.862. The second-order valence-corrected chi connectivity index (χ2v) is 4.60. The zero-order chi connectivity index (χ0) is 16.9. The number of halogens is 3. The fourth-order valence-electron chi connectivity index (χ4n) is 1.87. The Labute approximate surface area is 130 Å². The Morgan fingerprint density at radius 2 is 1.83 bits per heavy atom. The maximum absolute atomic E-state index is 12.8. The summed E-state index contributed by atoms with van der Waals surface area (Å²) in [5.41, 5.74) is -0.808. The monoisotopic (exact) mass is 316 g/mol. The lowest BCUT2D eigenvalue weighted by molar-refractivity contribution is -0.137. The first-order valence-corrected chi connectivity index (χ1v) is 6.55. The number of carbonyl (C=O) groups excluding carboxylic acids is 1. The van der Waals surface area contributed by atoms with Gasteiger partial charge in [0, 0.05) is 11.8 Å². The molecule has 0 aliphatic heterocycles. The van der Waals surface area contributed by atoms with Gasteiger partial charge in [0.25, 0.3) is 0 Å². The maximum Gasteiger partial charge on any atom is 0.417 e. The Hall–Kier alpha value is -3.07. The molecule has 3 nitrogen and oxygen atoms in total. The van der Waals surface area contributed by atoms with Crippen LogP contribution in [0.2, 0.25) is 0 Å². The molecule has 1 N–H and O–H groups in total. The van der Waals surface area contributed by atoms with E-state index in [2.05, 4.69) is 5.32 Å². The lowest BCUT2D eigenvalue weighted by Gasteiger charge is -2.11. The highest BCUT2D eigenvalue weighted by Crippen LogP contribution is 2.33. The Balaban J connectivity index is 2.16. The number of benzene rings is 2. The minimum absolute atomic E-state index is 0.0287. The summed E-state index contributed by atoms with van der Waals surface area (Å²) >= 11 is 0. The van der Waals surface area contributed by atoms with E-state index in [1.807, 2.05) is 6.07 Å². The first-order chi connectivity index (χ1) is 10.9. The molecule has 0 unspecified atom stereocenters. The third kappa shape index (κ3) is 4.45. The minimum atomic E-state index is -4.66. The van der Waals surface area contributed by atoms with E-state index in [1.54, 1.807) is 30.3 Å². The van der Waals surface area contributed by atoms with Crippen molar-refractivity contribution in [2.75, 3.05) is 5.32 Å². The van der Waals surface area contributed by atoms with E-state index in [4.69, 9.17) is 5.26 Å². The third-order valence-electron chi connectivity index (χ3n) is 2.94. The van der Waals surface area contributed by atoms with Gasteiger partial charge in [-0.05, 0) is 29.8 Å². The first kappa shape index (κ1) is 16.3. The van der Waals surface area contributed by atoms with E-state index in [1.165, 1.54) is 18.2 Å². The van der Waals surface area contributed by atoms with Crippen LogP contribution < -0.4 is 5.32 Å². The summed E-state index contributed by atoms with van der Waals surface area (Å²) in [6.45, 7) is 0. The molecule has 0 aliphatic carbocycles. The van der Waals surface area contributed by atoms with Crippen LogP contribution in [0.4, 0.5) is 18.9 Å². The van der Waals surface area contributed by atoms with Crippen molar-refractivity contribution in [3.63, 3.8) is 0 Å². The van der Waals surface area contributed by atoms with Gasteiger partial charge in [-0.1, -0.05) is 30.3 Å². The average molecular weight is 316 g/mol. The summed E-state index contributed by atoms with van der Waals surface area (Å²) in [7, 11) is 0. The van der Waals surface area contributed by atoms with Crippen molar-refractivity contribution in [3.05, 3.63) is 71.3 Å². The van der Waals surface area contributed by atoms with Gasteiger partial charge in [0.05, 0.1) is 17.2 Å². The highest BCUT2D eigenvalue weighted by Gasteiger charge is 2.33. The number of nitrogens with one attached hydrogen (secondary N) is 1. The second kappa shape index (κ2) is 6.79. The summed E-state index contributed by atoms with van der Waals surface area (Å²) in [4.78, 5) is 11.8. The lowest BCUT2D eigenvalue weighted by Crippen LogP contribution is -2.12. The van der Waals surface area contributed by atoms with Crippen LogP contribution in [0.1, 0.15) is 16.7 Å². The molecule has 1 amide bonds. The predicted octanol–water partition coefficient (Wildman–Crippen LogP) is 4.23. The summed E-state index contributed by atoms with van der Waals surface area (Å²) in [5.74, 6) is -0.563. The van der Waals surface area contributed by atoms with Crippen LogP contribution in [0.3, 0.4) is 0 Å². The number of alkyl halides is 3. The molecule has 6 heteroatoms. The van der Waals surface area contributed by atoms with Crippen molar-refractivity contribution >= 4 is 17.7 Å². The standard InChI is InChI=1S/C17H11F3N2O/c18-17(19,20)15-10-14(8-7-13(15)11-21)22-16(23)9-6-12-4-2-1-3-5-12/h1-10H,(H,22,23). The molecule has 0 aliphatic rings. The predicted molar refractivity (Wildman–Crippen MR) is 80.3 cm³/mol. The number of amides is 1. The zero-order valence-corrected chi connectivity index (χ0v) is 11.8. The van der Waals surface area contributed by atoms with Gasteiger partial charge in [0.1, 0.15) is 0 Å². The van der Waals surface area contributed by atoms with Crippen LogP contribution >= 0.6 is 0 Å². The van der Waals surface area contributed by atoms with E-state index < -0.39 is 23.2 Å². The number of anilines is 1. The molecule has 0 fully saturated rings. The lowest BCUT2D eigenvalue weighted by atomic mass is 10.1. The van der Waals surface area contributed by atoms with E-state index in [9.17, 15) is 18.0 Å². The number of hydrogen-bond donors (Lipinski definition) is 1. The normalized spacial score (nSPS) is 11.2. The molecule has 0 aromatic heterocycles. The van der Waals surface area contributed by atoms with E-state index in [0.29, 0.717) is 0 Å². The van der Waals surface area contributed by atoms with E-state index in [-0.39, 0.29) is 5.69 Å². The van der Waals surface area contributed by atoms with Gasteiger partial charge in [0.15, 0.2) is 0 Å². The van der Waals surface area contributed by atoms with Crippen LogP contribution in [0.15, 0.2) is 54.6 Å². The van der Waals surface area contributed by atoms with Gasteiger partial charge in [-0.25, -0.2) is 0 Å². The fraction of sp³-hybridized carbons (Fsp3) is 0.0588. The van der Waals surface area contributed by atoms with Crippen LogP contribution in [0, 0.1) is 11.3 Å². The topological polar surface area (TPSA) is 52.9 Å². The first-order valence-electron chi connectivity index (χ1n) is 6.55. The molecule has 0 heterocycles. The Kier molecular flexibility index (Phi) is 4.82. The number of nitrogens with zero attached hydrogens (tertiary/aromatic N) is 1. The van der Waals surface area contributed by atoms with E-state index >= 15 is 0 Å². The number of rotatable bonds is 3. The highest BCUT2D eigenvalue weighted by atomic mass is 19.4. The summed E-state index contributed by atoms with van der Waals surface area (Å²) < 4.78 is 38.5. The van der Waals surface area contributed by atoms with Crippen molar-refractivity contribution in [2.45, 2.75) is 6.18 Å². The number of nitriles is 1. The zero-order valence-electron chi connectivity index (χ0n) is 11.8. The van der Waals surface area contributed by atoms with Crippen molar-refractivity contribution < 1.29 is 18.0 Å². The molecule has 0 saturated carbocycles. The Morgan fingerprint density at radius 1 is 1.13 bits per heavy atom. The molecule has 0 bridgehead atoms. The molecular weight excluding hydrogens is 305 g/mol. The van der Waals surface area contributed by atoms with Crippen molar-refractivity contribution in [1.29, 1.82) is 5.26 Å². The van der Waals surface area contributed by atoms with Gasteiger partial charge < -0.3 is 5.32 Å². The molecule has 23 heavy (non-hydrogen) atoms. The Morgan fingerprint density at radius 3 is 2.43 bits per heavy atom. The van der Waals surface area contributed by atoms with Crippen molar-refractivity contribution in [3.8, 4) is 6.07 Å². The van der Waals surface area contributed by atoms with Crippen LogP contribution in [0.25, 0.3) is 6.08 Å². The summed E-state index contributed by atoms with van der Waals surface area (Å²) in [6.07, 6.45) is -1.89. The second-order valence-electron chi connectivity index (χ2n) is 4.60. The smallest absolute Gasteiger partial charge is 0.322 e. The molecule has 0 radical (unpaired) electrons. The van der Waals surface area contributed by atoms with E-state index in [0.717, 1.165) is 17.7 Å². The minimum Gasteiger partial charge on any atom is -0.322 e. The molecule has 2 aromatic rings. The fourth-order valence-corrected chi connectivity index (χ4v) is 1.87. The molecule has 0 spiro atoms. The van der Waals surface area contributed by atoms with Crippen LogP contribution in [0.5, 0.6) is 0 Å². The van der Waals surface area contributed by atoms with Crippen LogP contribution in [-0.2, 0) is 11.0 Å². The van der Waals surface area contributed by atoms with Gasteiger partial charge in [0.2, 0.25) is 5.91 Å². The Bertz CT molecular complexity index is 775. The average Bonchev–Trinajstić information content (AvgIpc) is 2.53. The molecule has 2 rings (SSSR count). The van der Waals surface area contributed by atoms with Gasteiger partial charge in [-0.2, -0.15) is 18.4 Å². The highest BCUT2D eigenvalue weighted by molar-refractivity contribution is 6.02. The van der Waals surface area contributed by atoms with Crippen LogP contribution in [-0.4, -0.2) is 5.91 Å². The molecular formula is C17H11F3N2O. The van der Waals surface area contributed by atoms with Crippen molar-refractivity contribution in [2.24, 2.45) is 0 Å². The molecule has 0 atom stereocenters. The number of carbonyl (C=O) groups is 1. The van der Waals surface area contributed by atoms with Crippen molar-refractivity contribution in [1.82, 2.24) is 0 Å². The SMILES string of the molecule is N#Cc1ccc(NC(=O)C=Cc2ccccc2)cc1C(F)(F)F. The summed E-state index contributed by atoms with van der Waals surface area (Å²) in [6, 6.07) is 13.5. The third-order valence-corrected chi connectivity index (χ3v) is 2.94.